The Kier molecular flexibility index (Phi) is 6.57. The quantitative estimate of drug-likeness (QED) is 0.673. The van der Waals surface area contributed by atoms with Gasteiger partial charge in [0.25, 0.3) is 0 Å². The summed E-state index contributed by atoms with van der Waals surface area (Å²) in [5.41, 5.74) is -0.160. The van der Waals surface area contributed by atoms with Crippen LogP contribution >= 0.6 is 0 Å². The summed E-state index contributed by atoms with van der Waals surface area (Å²) in [6.45, 7) is 15.3. The van der Waals surface area contributed by atoms with E-state index in [2.05, 4.69) is 42.8 Å². The molecule has 0 aromatic carbocycles. The number of aliphatic hydroxyl groups excluding tert-OH is 1. The predicted molar refractivity (Wildman–Crippen MR) is 76.9 cm³/mol. The molecule has 1 aliphatic heterocycles. The third kappa shape index (κ3) is 4.19. The van der Waals surface area contributed by atoms with Crippen LogP contribution in [0, 0.1) is 0 Å². The van der Waals surface area contributed by atoms with Crippen LogP contribution in [0.25, 0.3) is 0 Å². The van der Waals surface area contributed by atoms with E-state index in [0.717, 1.165) is 39.3 Å². The molecule has 0 amide bonds. The zero-order valence-corrected chi connectivity index (χ0v) is 12.6. The number of likely N-dealkylation sites (N-methyl/N-ethyl adjacent to an activating group) is 2. The van der Waals surface area contributed by atoms with Gasteiger partial charge in [0.1, 0.15) is 0 Å². The zero-order chi connectivity index (χ0) is 13.6. The third-order valence-corrected chi connectivity index (χ3v) is 4.10. The van der Waals surface area contributed by atoms with Gasteiger partial charge < -0.3 is 10.4 Å². The van der Waals surface area contributed by atoms with Crippen LogP contribution in [0.4, 0.5) is 0 Å². The highest BCUT2D eigenvalue weighted by molar-refractivity contribution is 4.90. The Morgan fingerprint density at radius 2 is 2.00 bits per heavy atom. The van der Waals surface area contributed by atoms with Gasteiger partial charge in [-0.25, -0.2) is 0 Å². The van der Waals surface area contributed by atoms with Crippen LogP contribution in [0.5, 0.6) is 0 Å². The molecule has 1 saturated heterocycles. The molecule has 0 radical (unpaired) electrons. The number of nitrogens with zero attached hydrogens (tertiary/aromatic N) is 2. The molecule has 0 aromatic rings. The summed E-state index contributed by atoms with van der Waals surface area (Å²) in [5, 5.41) is 12.9. The lowest BCUT2D eigenvalue weighted by Gasteiger charge is -2.33. The molecular weight excluding hydrogens is 226 g/mol. The van der Waals surface area contributed by atoms with Gasteiger partial charge in [-0.2, -0.15) is 0 Å². The van der Waals surface area contributed by atoms with Gasteiger partial charge in [0.05, 0.1) is 12.1 Å². The summed E-state index contributed by atoms with van der Waals surface area (Å²) >= 11 is 0. The Morgan fingerprint density at radius 3 is 2.50 bits per heavy atom. The Morgan fingerprint density at radius 1 is 1.33 bits per heavy atom. The molecule has 1 rings (SSSR count). The Balaban J connectivity index is 2.46. The highest BCUT2D eigenvalue weighted by atomic mass is 16.3. The van der Waals surface area contributed by atoms with Crippen molar-refractivity contribution in [1.82, 2.24) is 15.1 Å². The maximum atomic E-state index is 9.54. The van der Waals surface area contributed by atoms with Crippen molar-refractivity contribution in [3.63, 3.8) is 0 Å². The smallest absolute Gasteiger partial charge is 0.0623 e. The van der Waals surface area contributed by atoms with Gasteiger partial charge in [-0.05, 0) is 39.5 Å². The summed E-state index contributed by atoms with van der Waals surface area (Å²) in [7, 11) is 0. The zero-order valence-electron chi connectivity index (χ0n) is 12.6. The largest absolute Gasteiger partial charge is 0.394 e. The SMILES string of the molecule is CCNC(C)(CO)CN1CCC(N(CC)CC)C1. The third-order valence-electron chi connectivity index (χ3n) is 4.10. The molecule has 4 heteroatoms. The first kappa shape index (κ1) is 15.9. The van der Waals surface area contributed by atoms with Gasteiger partial charge in [0.2, 0.25) is 0 Å². The van der Waals surface area contributed by atoms with E-state index in [1.54, 1.807) is 0 Å². The Labute approximate surface area is 112 Å². The first-order chi connectivity index (χ1) is 8.58. The molecule has 0 spiro atoms. The van der Waals surface area contributed by atoms with Crippen LogP contribution in [-0.4, -0.2) is 72.4 Å². The van der Waals surface area contributed by atoms with Gasteiger partial charge in [0.15, 0.2) is 0 Å². The standard InChI is InChI=1S/C14H31N3O/c1-5-15-14(4,12-18)11-16-9-8-13(10-16)17(6-2)7-3/h13,15,18H,5-12H2,1-4H3. The molecule has 0 aromatic heterocycles. The number of rotatable bonds is 8. The van der Waals surface area contributed by atoms with Crippen LogP contribution in [0.3, 0.4) is 0 Å². The molecule has 1 fully saturated rings. The number of aliphatic hydroxyl groups is 1. The van der Waals surface area contributed by atoms with Gasteiger partial charge >= 0.3 is 0 Å². The van der Waals surface area contributed by atoms with E-state index in [9.17, 15) is 5.11 Å². The molecule has 2 unspecified atom stereocenters. The lowest BCUT2D eigenvalue weighted by Crippen LogP contribution is -2.54. The summed E-state index contributed by atoms with van der Waals surface area (Å²) in [5.74, 6) is 0. The van der Waals surface area contributed by atoms with Crippen LogP contribution < -0.4 is 5.32 Å². The molecule has 0 bridgehead atoms. The molecule has 1 aliphatic rings. The van der Waals surface area contributed by atoms with E-state index in [0.29, 0.717) is 6.04 Å². The monoisotopic (exact) mass is 257 g/mol. The van der Waals surface area contributed by atoms with E-state index < -0.39 is 0 Å². The molecule has 2 atom stereocenters. The summed E-state index contributed by atoms with van der Waals surface area (Å²) in [6, 6.07) is 0.699. The fourth-order valence-electron chi connectivity index (χ4n) is 3.08. The molecule has 4 nitrogen and oxygen atoms in total. The first-order valence-corrected chi connectivity index (χ1v) is 7.40. The maximum absolute atomic E-state index is 9.54. The van der Waals surface area contributed by atoms with E-state index in [1.165, 1.54) is 6.42 Å². The molecule has 108 valence electrons. The number of hydrogen-bond donors (Lipinski definition) is 2. The van der Waals surface area contributed by atoms with E-state index in [1.807, 2.05) is 0 Å². The predicted octanol–water partition coefficient (Wildman–Crippen LogP) is 0.763. The highest BCUT2D eigenvalue weighted by Crippen LogP contribution is 2.18. The van der Waals surface area contributed by atoms with Gasteiger partial charge in [-0.1, -0.05) is 20.8 Å². The molecule has 1 heterocycles. The van der Waals surface area contributed by atoms with Gasteiger partial charge in [-0.15, -0.1) is 0 Å². The number of nitrogens with one attached hydrogen (secondary N) is 1. The van der Waals surface area contributed by atoms with Crippen LogP contribution in [-0.2, 0) is 0 Å². The highest BCUT2D eigenvalue weighted by Gasteiger charge is 2.31. The van der Waals surface area contributed by atoms with Crippen molar-refractivity contribution in [2.24, 2.45) is 0 Å². The van der Waals surface area contributed by atoms with Crippen LogP contribution in [0.2, 0.25) is 0 Å². The van der Waals surface area contributed by atoms with Crippen molar-refractivity contribution in [3.05, 3.63) is 0 Å². The summed E-state index contributed by atoms with van der Waals surface area (Å²) in [6.07, 6.45) is 1.26. The summed E-state index contributed by atoms with van der Waals surface area (Å²) in [4.78, 5) is 5.03. The van der Waals surface area contributed by atoms with Crippen molar-refractivity contribution >= 4 is 0 Å². The Hall–Kier alpha value is -0.160. The minimum atomic E-state index is -0.160. The number of hydrogen-bond acceptors (Lipinski definition) is 4. The molecule has 0 saturated carbocycles. The maximum Gasteiger partial charge on any atom is 0.0623 e. The van der Waals surface area contributed by atoms with Crippen molar-refractivity contribution in [1.29, 1.82) is 0 Å². The second-order valence-electron chi connectivity index (χ2n) is 5.65. The van der Waals surface area contributed by atoms with Crippen molar-refractivity contribution < 1.29 is 5.11 Å². The first-order valence-electron chi connectivity index (χ1n) is 7.40. The van der Waals surface area contributed by atoms with Crippen molar-refractivity contribution in [3.8, 4) is 0 Å². The van der Waals surface area contributed by atoms with Crippen molar-refractivity contribution in [2.75, 3.05) is 45.9 Å². The normalized spacial score (nSPS) is 24.7. The summed E-state index contributed by atoms with van der Waals surface area (Å²) < 4.78 is 0. The molecule has 2 N–H and O–H groups in total. The van der Waals surface area contributed by atoms with Crippen LogP contribution in [0.1, 0.15) is 34.1 Å². The lowest BCUT2D eigenvalue weighted by atomic mass is 10.0. The number of likely N-dealkylation sites (tertiary alicyclic amines) is 1. The second kappa shape index (κ2) is 7.43. The van der Waals surface area contributed by atoms with Gasteiger partial charge in [0, 0.05) is 19.1 Å². The molecule has 18 heavy (non-hydrogen) atoms. The topological polar surface area (TPSA) is 38.7 Å². The van der Waals surface area contributed by atoms with Gasteiger partial charge in [-0.3, -0.25) is 9.80 Å². The van der Waals surface area contributed by atoms with E-state index in [-0.39, 0.29) is 12.1 Å². The van der Waals surface area contributed by atoms with Crippen molar-refractivity contribution in [2.45, 2.75) is 45.7 Å². The Bertz CT molecular complexity index is 233. The van der Waals surface area contributed by atoms with Crippen LogP contribution in [0.15, 0.2) is 0 Å². The minimum absolute atomic E-state index is 0.160. The second-order valence-corrected chi connectivity index (χ2v) is 5.65. The molecular formula is C14H31N3O. The average Bonchev–Trinajstić information content (AvgIpc) is 2.79. The average molecular weight is 257 g/mol. The van der Waals surface area contributed by atoms with E-state index in [4.69, 9.17) is 0 Å². The fraction of sp³-hybridized carbons (Fsp3) is 1.00. The van der Waals surface area contributed by atoms with E-state index >= 15 is 0 Å². The lowest BCUT2D eigenvalue weighted by molar-refractivity contribution is 0.126. The molecule has 0 aliphatic carbocycles. The fourth-order valence-corrected chi connectivity index (χ4v) is 3.08. The minimum Gasteiger partial charge on any atom is -0.394 e.